The summed E-state index contributed by atoms with van der Waals surface area (Å²) in [6, 6.07) is 1.14. The van der Waals surface area contributed by atoms with Gasteiger partial charge in [-0.25, -0.2) is 4.79 Å². The Balaban J connectivity index is 2.87. The predicted octanol–water partition coefficient (Wildman–Crippen LogP) is 1.26. The SMILES string of the molecule is CCC(C)N(CCOC)C(=O)c1cc(C(=O)O)on1. The highest BCUT2D eigenvalue weighted by Gasteiger charge is 2.24. The molecule has 19 heavy (non-hydrogen) atoms. The average Bonchev–Trinajstić information content (AvgIpc) is 2.88. The van der Waals surface area contributed by atoms with E-state index in [0.717, 1.165) is 12.5 Å². The number of methoxy groups -OCH3 is 1. The van der Waals surface area contributed by atoms with Gasteiger partial charge in [0.1, 0.15) is 0 Å². The second-order valence-corrected chi connectivity index (χ2v) is 4.13. The number of nitrogens with zero attached hydrogens (tertiary/aromatic N) is 2. The van der Waals surface area contributed by atoms with Gasteiger partial charge in [0.2, 0.25) is 5.76 Å². The van der Waals surface area contributed by atoms with Gasteiger partial charge in [0.15, 0.2) is 5.69 Å². The Bertz CT molecular complexity index is 443. The Morgan fingerprint density at radius 3 is 2.74 bits per heavy atom. The number of rotatable bonds is 7. The molecule has 7 heteroatoms. The van der Waals surface area contributed by atoms with E-state index in [1.165, 1.54) is 0 Å². The van der Waals surface area contributed by atoms with Crippen molar-refractivity contribution in [3.05, 3.63) is 17.5 Å². The van der Waals surface area contributed by atoms with Crippen molar-refractivity contribution in [2.45, 2.75) is 26.3 Å². The van der Waals surface area contributed by atoms with Gasteiger partial charge in [0, 0.05) is 25.8 Å². The first-order chi connectivity index (χ1) is 9.01. The lowest BCUT2D eigenvalue weighted by molar-refractivity contribution is 0.0598. The number of hydrogen-bond donors (Lipinski definition) is 1. The van der Waals surface area contributed by atoms with E-state index in [0.29, 0.717) is 13.2 Å². The van der Waals surface area contributed by atoms with Crippen LogP contribution in [-0.2, 0) is 4.74 Å². The summed E-state index contributed by atoms with van der Waals surface area (Å²) >= 11 is 0. The first-order valence-electron chi connectivity index (χ1n) is 6.01. The molecule has 0 saturated heterocycles. The molecule has 0 spiro atoms. The lowest BCUT2D eigenvalue weighted by Gasteiger charge is -2.27. The number of ether oxygens (including phenoxy) is 1. The number of carboxylic acids is 1. The summed E-state index contributed by atoms with van der Waals surface area (Å²) in [6.07, 6.45) is 0.777. The largest absolute Gasteiger partial charge is 0.475 e. The van der Waals surface area contributed by atoms with Gasteiger partial charge in [-0.05, 0) is 13.3 Å². The molecule has 0 aromatic carbocycles. The van der Waals surface area contributed by atoms with Crippen molar-refractivity contribution in [2.75, 3.05) is 20.3 Å². The van der Waals surface area contributed by atoms with Crippen LogP contribution in [0.2, 0.25) is 0 Å². The molecule has 1 amide bonds. The number of hydrogen-bond acceptors (Lipinski definition) is 5. The molecule has 1 N–H and O–H groups in total. The van der Waals surface area contributed by atoms with E-state index in [-0.39, 0.29) is 23.4 Å². The third-order valence-corrected chi connectivity index (χ3v) is 2.86. The number of amides is 1. The summed E-state index contributed by atoms with van der Waals surface area (Å²) in [5.41, 5.74) is -0.00574. The number of carbonyl (C=O) groups excluding carboxylic acids is 1. The highest BCUT2D eigenvalue weighted by atomic mass is 16.5. The fourth-order valence-corrected chi connectivity index (χ4v) is 1.56. The minimum atomic E-state index is -1.25. The third kappa shape index (κ3) is 3.78. The minimum absolute atomic E-state index is 0.00574. The summed E-state index contributed by atoms with van der Waals surface area (Å²) in [5.74, 6) is -1.96. The third-order valence-electron chi connectivity index (χ3n) is 2.86. The molecule has 1 aromatic heterocycles. The molecule has 1 rings (SSSR count). The second-order valence-electron chi connectivity index (χ2n) is 4.13. The summed E-state index contributed by atoms with van der Waals surface area (Å²) in [6.45, 7) is 4.69. The predicted molar refractivity (Wildman–Crippen MR) is 66.1 cm³/mol. The summed E-state index contributed by atoms with van der Waals surface area (Å²) in [4.78, 5) is 24.5. The number of aromatic nitrogens is 1. The van der Waals surface area contributed by atoms with Gasteiger partial charge < -0.3 is 19.3 Å². The van der Waals surface area contributed by atoms with Crippen molar-refractivity contribution in [3.8, 4) is 0 Å². The highest BCUT2D eigenvalue weighted by molar-refractivity contribution is 5.95. The van der Waals surface area contributed by atoms with Crippen LogP contribution >= 0.6 is 0 Å². The fraction of sp³-hybridized carbons (Fsp3) is 0.583. The van der Waals surface area contributed by atoms with Crippen LogP contribution < -0.4 is 0 Å². The van der Waals surface area contributed by atoms with Crippen LogP contribution in [0, 0.1) is 0 Å². The van der Waals surface area contributed by atoms with Crippen LogP contribution in [0.3, 0.4) is 0 Å². The monoisotopic (exact) mass is 270 g/mol. The minimum Gasteiger partial charge on any atom is -0.475 e. The maximum atomic E-state index is 12.2. The molecule has 7 nitrogen and oxygen atoms in total. The van der Waals surface area contributed by atoms with Gasteiger partial charge in [-0.2, -0.15) is 0 Å². The van der Waals surface area contributed by atoms with Crippen molar-refractivity contribution in [3.63, 3.8) is 0 Å². The van der Waals surface area contributed by atoms with Gasteiger partial charge in [0.25, 0.3) is 5.91 Å². The molecule has 1 unspecified atom stereocenters. The molecule has 0 saturated carbocycles. The molecule has 1 heterocycles. The van der Waals surface area contributed by atoms with Crippen LogP contribution in [0.5, 0.6) is 0 Å². The molecule has 0 aliphatic rings. The van der Waals surface area contributed by atoms with Gasteiger partial charge in [-0.15, -0.1) is 0 Å². The Kier molecular flexibility index (Phi) is 5.50. The molecule has 0 bridgehead atoms. The van der Waals surface area contributed by atoms with Crippen LogP contribution in [0.4, 0.5) is 0 Å². The van der Waals surface area contributed by atoms with Gasteiger partial charge in [0.05, 0.1) is 6.61 Å². The zero-order chi connectivity index (χ0) is 14.4. The Hall–Kier alpha value is -1.89. The van der Waals surface area contributed by atoms with Crippen molar-refractivity contribution in [1.29, 1.82) is 0 Å². The van der Waals surface area contributed by atoms with Crippen LogP contribution in [-0.4, -0.2) is 53.3 Å². The van der Waals surface area contributed by atoms with E-state index < -0.39 is 5.97 Å². The standard InChI is InChI=1S/C12H18N2O5/c1-4-8(2)14(5-6-18-3)11(15)9-7-10(12(16)17)19-13-9/h7-8H,4-6H2,1-3H3,(H,16,17). The molecule has 0 radical (unpaired) electrons. The quantitative estimate of drug-likeness (QED) is 0.801. The van der Waals surface area contributed by atoms with E-state index in [4.69, 9.17) is 9.84 Å². The van der Waals surface area contributed by atoms with Crippen LogP contribution in [0.1, 0.15) is 41.3 Å². The molecule has 0 aliphatic carbocycles. The van der Waals surface area contributed by atoms with E-state index >= 15 is 0 Å². The molecule has 0 fully saturated rings. The maximum absolute atomic E-state index is 12.2. The number of carbonyl (C=O) groups is 2. The van der Waals surface area contributed by atoms with Crippen molar-refractivity contribution in [1.82, 2.24) is 10.1 Å². The first-order valence-corrected chi connectivity index (χ1v) is 6.01. The second kappa shape index (κ2) is 6.89. The Morgan fingerprint density at radius 2 is 2.26 bits per heavy atom. The van der Waals surface area contributed by atoms with E-state index in [2.05, 4.69) is 9.68 Å². The van der Waals surface area contributed by atoms with E-state index in [1.54, 1.807) is 12.0 Å². The number of aromatic carboxylic acids is 1. The lowest BCUT2D eigenvalue weighted by atomic mass is 10.2. The molecular weight excluding hydrogens is 252 g/mol. The van der Waals surface area contributed by atoms with Gasteiger partial charge in [-0.1, -0.05) is 12.1 Å². The molecule has 1 atom stereocenters. The Labute approximate surface area is 111 Å². The fourth-order valence-electron chi connectivity index (χ4n) is 1.56. The van der Waals surface area contributed by atoms with E-state index in [9.17, 15) is 9.59 Å². The Morgan fingerprint density at radius 1 is 1.58 bits per heavy atom. The van der Waals surface area contributed by atoms with Crippen molar-refractivity contribution >= 4 is 11.9 Å². The molecule has 0 aliphatic heterocycles. The highest BCUT2D eigenvalue weighted by Crippen LogP contribution is 2.11. The first kappa shape index (κ1) is 15.2. The normalized spacial score (nSPS) is 12.2. The molecule has 1 aromatic rings. The zero-order valence-corrected chi connectivity index (χ0v) is 11.3. The summed E-state index contributed by atoms with van der Waals surface area (Å²) in [5, 5.41) is 12.2. The number of carboxylic acid groups (broad SMARTS) is 1. The van der Waals surface area contributed by atoms with Crippen molar-refractivity contribution in [2.24, 2.45) is 0 Å². The molecular formula is C12H18N2O5. The molecule has 106 valence electrons. The van der Waals surface area contributed by atoms with Gasteiger partial charge in [-0.3, -0.25) is 4.79 Å². The van der Waals surface area contributed by atoms with E-state index in [1.807, 2.05) is 13.8 Å². The van der Waals surface area contributed by atoms with Crippen LogP contribution in [0.25, 0.3) is 0 Å². The zero-order valence-electron chi connectivity index (χ0n) is 11.3. The van der Waals surface area contributed by atoms with Gasteiger partial charge >= 0.3 is 5.97 Å². The average molecular weight is 270 g/mol. The maximum Gasteiger partial charge on any atom is 0.374 e. The van der Waals surface area contributed by atoms with Crippen LogP contribution in [0.15, 0.2) is 10.6 Å². The lowest BCUT2D eigenvalue weighted by Crippen LogP contribution is -2.40. The smallest absolute Gasteiger partial charge is 0.374 e. The summed E-state index contributed by atoms with van der Waals surface area (Å²) < 4.78 is 9.55. The van der Waals surface area contributed by atoms with Crippen molar-refractivity contribution < 1.29 is 24.0 Å². The summed E-state index contributed by atoms with van der Waals surface area (Å²) in [7, 11) is 1.55. The topological polar surface area (TPSA) is 92.9 Å².